The summed E-state index contributed by atoms with van der Waals surface area (Å²) < 4.78 is 61.1. The molecule has 17 heavy (non-hydrogen) atoms. The summed E-state index contributed by atoms with van der Waals surface area (Å²) in [4.78, 5) is 13.8. The van der Waals surface area contributed by atoms with Crippen molar-refractivity contribution in [3.8, 4) is 0 Å². The second-order valence-corrected chi connectivity index (χ2v) is 3.16. The minimum Gasteiger partial charge on any atom is -0.477 e. The van der Waals surface area contributed by atoms with Gasteiger partial charge in [0.15, 0.2) is 5.71 Å². The molecule has 94 valence electrons. The second kappa shape index (κ2) is 4.27. The molecule has 0 atom stereocenters. The summed E-state index contributed by atoms with van der Waals surface area (Å²) >= 11 is 0. The summed E-state index contributed by atoms with van der Waals surface area (Å²) in [6.45, 7) is 0. The van der Waals surface area contributed by atoms with E-state index in [4.69, 9.17) is 5.11 Å². The Morgan fingerprint density at radius 2 is 1.94 bits per heavy atom. The lowest BCUT2D eigenvalue weighted by Crippen LogP contribution is -2.35. The molecule has 0 aromatic rings. The van der Waals surface area contributed by atoms with E-state index in [9.17, 15) is 26.7 Å². The molecular weight excluding hydrogens is 249 g/mol. The molecule has 3 nitrogen and oxygen atoms in total. The van der Waals surface area contributed by atoms with Crippen molar-refractivity contribution in [2.24, 2.45) is 4.99 Å². The molecule has 0 saturated carbocycles. The normalized spacial score (nSPS) is 19.4. The lowest BCUT2D eigenvalue weighted by Gasteiger charge is -2.18. The minimum absolute atomic E-state index is 0.337. The van der Waals surface area contributed by atoms with Crippen LogP contribution in [0.3, 0.4) is 0 Å². The van der Waals surface area contributed by atoms with E-state index < -0.39 is 35.4 Å². The third-order valence-corrected chi connectivity index (χ3v) is 1.89. The first-order chi connectivity index (χ1) is 7.65. The highest BCUT2D eigenvalue weighted by molar-refractivity contribution is 6.42. The van der Waals surface area contributed by atoms with Crippen LogP contribution in [-0.4, -0.2) is 28.9 Å². The Kier molecular flexibility index (Phi) is 3.35. The van der Waals surface area contributed by atoms with Gasteiger partial charge in [0.05, 0.1) is 0 Å². The van der Waals surface area contributed by atoms with E-state index in [2.05, 4.69) is 4.99 Å². The lowest BCUT2D eigenvalue weighted by molar-refractivity contribution is -0.259. The van der Waals surface area contributed by atoms with Crippen LogP contribution in [0.1, 0.15) is 6.42 Å². The highest BCUT2D eigenvalue weighted by atomic mass is 19.4. The van der Waals surface area contributed by atoms with E-state index in [1.54, 1.807) is 0 Å². The number of rotatable bonds is 2. The zero-order valence-electron chi connectivity index (χ0n) is 8.13. The van der Waals surface area contributed by atoms with Gasteiger partial charge in [0.2, 0.25) is 0 Å². The van der Waals surface area contributed by atoms with Gasteiger partial charge >= 0.3 is 18.1 Å². The minimum atomic E-state index is -5.76. The van der Waals surface area contributed by atoms with Gasteiger partial charge in [-0.3, -0.25) is 0 Å². The lowest BCUT2D eigenvalue weighted by atomic mass is 10.0. The molecule has 0 aromatic carbocycles. The van der Waals surface area contributed by atoms with Gasteiger partial charge in [0.1, 0.15) is 0 Å². The Morgan fingerprint density at radius 1 is 1.35 bits per heavy atom. The summed E-state index contributed by atoms with van der Waals surface area (Å²) in [5.41, 5.74) is -1.47. The van der Waals surface area contributed by atoms with Crippen molar-refractivity contribution >= 4 is 11.7 Å². The molecule has 8 heteroatoms. The molecule has 0 aliphatic carbocycles. The van der Waals surface area contributed by atoms with Crippen molar-refractivity contribution in [2.45, 2.75) is 18.5 Å². The summed E-state index contributed by atoms with van der Waals surface area (Å²) in [6, 6.07) is 0. The van der Waals surface area contributed by atoms with Crippen LogP contribution in [0.5, 0.6) is 0 Å². The number of alkyl halides is 5. The van der Waals surface area contributed by atoms with Crippen LogP contribution < -0.4 is 0 Å². The van der Waals surface area contributed by atoms with E-state index in [1.807, 2.05) is 0 Å². The van der Waals surface area contributed by atoms with Crippen molar-refractivity contribution in [3.05, 3.63) is 23.9 Å². The number of carboxylic acids is 1. The van der Waals surface area contributed by atoms with Gasteiger partial charge in [0, 0.05) is 6.20 Å². The molecule has 0 fully saturated rings. The predicted molar refractivity (Wildman–Crippen MR) is 47.9 cm³/mol. The third kappa shape index (κ3) is 2.89. The summed E-state index contributed by atoms with van der Waals surface area (Å²) in [7, 11) is 0. The zero-order chi connectivity index (χ0) is 13.3. The highest BCUT2D eigenvalue weighted by Gasteiger charge is 2.56. The molecule has 1 aliphatic heterocycles. The second-order valence-electron chi connectivity index (χ2n) is 3.16. The molecule has 0 bridgehead atoms. The highest BCUT2D eigenvalue weighted by Crippen LogP contribution is 2.38. The average Bonchev–Trinajstić information content (AvgIpc) is 2.15. The molecule has 0 radical (unpaired) electrons. The maximum absolute atomic E-state index is 12.7. The molecule has 0 amide bonds. The van der Waals surface area contributed by atoms with Crippen molar-refractivity contribution in [2.75, 3.05) is 0 Å². The fourth-order valence-electron chi connectivity index (χ4n) is 1.11. The van der Waals surface area contributed by atoms with Crippen molar-refractivity contribution in [1.29, 1.82) is 0 Å². The molecule has 1 N–H and O–H groups in total. The molecule has 0 saturated heterocycles. The summed E-state index contributed by atoms with van der Waals surface area (Å²) in [5, 5.41) is 8.58. The van der Waals surface area contributed by atoms with Crippen molar-refractivity contribution < 1.29 is 31.9 Å². The summed E-state index contributed by atoms with van der Waals surface area (Å²) in [5.74, 6) is -6.73. The van der Waals surface area contributed by atoms with Gasteiger partial charge in [-0.1, -0.05) is 6.08 Å². The van der Waals surface area contributed by atoms with E-state index >= 15 is 0 Å². The Hall–Kier alpha value is -1.73. The number of allylic oxidation sites excluding steroid dienone is 2. The number of carbonyl (C=O) groups is 1. The van der Waals surface area contributed by atoms with Crippen LogP contribution in [0, 0.1) is 0 Å². The molecule has 0 spiro atoms. The SMILES string of the molecule is O=C(O)C1=NC=CCC1=CC(F)(F)C(F)(F)F. The number of aliphatic carboxylic acids is 1. The first kappa shape index (κ1) is 13.3. The van der Waals surface area contributed by atoms with Crippen molar-refractivity contribution in [3.63, 3.8) is 0 Å². The van der Waals surface area contributed by atoms with Crippen LogP contribution in [0.25, 0.3) is 0 Å². The van der Waals surface area contributed by atoms with Crippen LogP contribution >= 0.6 is 0 Å². The van der Waals surface area contributed by atoms with E-state index in [1.165, 1.54) is 6.08 Å². The van der Waals surface area contributed by atoms with E-state index in [0.29, 0.717) is 0 Å². The maximum Gasteiger partial charge on any atom is 0.457 e. The van der Waals surface area contributed by atoms with Gasteiger partial charge in [-0.15, -0.1) is 0 Å². The molecule has 1 heterocycles. The first-order valence-corrected chi connectivity index (χ1v) is 4.28. The van der Waals surface area contributed by atoms with Gasteiger partial charge in [-0.05, 0) is 18.1 Å². The van der Waals surface area contributed by atoms with Gasteiger partial charge in [-0.2, -0.15) is 22.0 Å². The number of carboxylic acid groups (broad SMARTS) is 1. The molecule has 0 unspecified atom stereocenters. The smallest absolute Gasteiger partial charge is 0.457 e. The number of hydrogen-bond acceptors (Lipinski definition) is 2. The number of aliphatic imine (C=N–C) groups is 1. The van der Waals surface area contributed by atoms with Gasteiger partial charge < -0.3 is 5.11 Å². The topological polar surface area (TPSA) is 49.7 Å². The third-order valence-electron chi connectivity index (χ3n) is 1.89. The molecule has 0 aromatic heterocycles. The number of halogens is 5. The Labute approximate surface area is 92.0 Å². The molecule has 1 rings (SSSR count). The van der Waals surface area contributed by atoms with Crippen LogP contribution in [0.2, 0.25) is 0 Å². The van der Waals surface area contributed by atoms with E-state index in [-0.39, 0.29) is 6.42 Å². The Bertz CT molecular complexity index is 420. The largest absolute Gasteiger partial charge is 0.477 e. The molecular formula is C9H6F5NO2. The monoisotopic (exact) mass is 255 g/mol. The van der Waals surface area contributed by atoms with Crippen LogP contribution in [0.4, 0.5) is 22.0 Å². The first-order valence-electron chi connectivity index (χ1n) is 4.28. The number of nitrogens with zero attached hydrogens (tertiary/aromatic N) is 1. The van der Waals surface area contributed by atoms with Crippen molar-refractivity contribution in [1.82, 2.24) is 0 Å². The Balaban J connectivity index is 3.12. The maximum atomic E-state index is 12.7. The predicted octanol–water partition coefficient (Wildman–Crippen LogP) is 2.55. The van der Waals surface area contributed by atoms with Crippen LogP contribution in [-0.2, 0) is 4.79 Å². The van der Waals surface area contributed by atoms with E-state index in [0.717, 1.165) is 6.20 Å². The zero-order valence-corrected chi connectivity index (χ0v) is 8.13. The summed E-state index contributed by atoms with van der Waals surface area (Å²) in [6.07, 6.45) is -4.29. The Morgan fingerprint density at radius 3 is 2.41 bits per heavy atom. The molecule has 1 aliphatic rings. The number of hydrogen-bond donors (Lipinski definition) is 1. The fraction of sp³-hybridized carbons (Fsp3) is 0.333. The standard InChI is InChI=1S/C9H6F5NO2/c10-8(11,9(12,13)14)4-5-2-1-3-15-6(5)7(16)17/h1,3-4H,2H2,(H,16,17). The fourth-order valence-corrected chi connectivity index (χ4v) is 1.11. The van der Waals surface area contributed by atoms with Crippen LogP contribution in [0.15, 0.2) is 28.9 Å². The average molecular weight is 255 g/mol. The quantitative estimate of drug-likeness (QED) is 0.771. The van der Waals surface area contributed by atoms with Gasteiger partial charge in [0.25, 0.3) is 0 Å². The van der Waals surface area contributed by atoms with Gasteiger partial charge in [-0.25, -0.2) is 9.79 Å².